The van der Waals surface area contributed by atoms with Crippen LogP contribution in [-0.4, -0.2) is 77.9 Å². The van der Waals surface area contributed by atoms with Gasteiger partial charge in [0, 0.05) is 25.4 Å². The van der Waals surface area contributed by atoms with Crippen molar-refractivity contribution in [1.82, 2.24) is 0 Å². The Morgan fingerprint density at radius 2 is 1.15 bits per heavy atom. The number of hydrogen-bond donors (Lipinski definition) is 1. The fourth-order valence-corrected chi connectivity index (χ4v) is 6.30. The lowest BCUT2D eigenvalue weighted by Crippen LogP contribution is -2.44. The van der Waals surface area contributed by atoms with E-state index >= 15 is 0 Å². The summed E-state index contributed by atoms with van der Waals surface area (Å²) < 4.78 is 28.6. The molecule has 0 aromatic rings. The number of hydrogen-bond acceptors (Lipinski definition) is 9. The minimum atomic E-state index is -1.07. The van der Waals surface area contributed by atoms with Crippen molar-refractivity contribution in [2.45, 2.75) is 169 Å². The summed E-state index contributed by atoms with van der Waals surface area (Å²) in [6.07, 6.45) is 7.72. The number of ether oxygens (including phenoxy) is 5. The van der Waals surface area contributed by atoms with Gasteiger partial charge >= 0.3 is 17.9 Å². The molecule has 0 aromatic carbocycles. The summed E-state index contributed by atoms with van der Waals surface area (Å²) in [6.45, 7) is 25.2. The van der Waals surface area contributed by atoms with Gasteiger partial charge in [-0.05, 0) is 106 Å². The summed E-state index contributed by atoms with van der Waals surface area (Å²) in [5.74, 6) is -1.08. The average molecular weight is 687 g/mol. The van der Waals surface area contributed by atoms with Crippen molar-refractivity contribution in [2.75, 3.05) is 26.0 Å². The number of esters is 3. The monoisotopic (exact) mass is 686 g/mol. The summed E-state index contributed by atoms with van der Waals surface area (Å²) in [5, 5.41) is 0. The zero-order valence-corrected chi connectivity index (χ0v) is 32.6. The Balaban J connectivity index is 1.81. The summed E-state index contributed by atoms with van der Waals surface area (Å²) >= 11 is 0. The molecule has 2 saturated heterocycles. The van der Waals surface area contributed by atoms with Gasteiger partial charge in [0.2, 0.25) is 0 Å². The molecule has 0 saturated carbocycles. The van der Waals surface area contributed by atoms with Crippen LogP contribution in [0.25, 0.3) is 0 Å². The second kappa shape index (κ2) is 17.1. The molecule has 0 amide bonds. The largest absolute Gasteiger partial charge is 0.460 e. The minimum absolute atomic E-state index is 0.116. The molecular weight excluding hydrogens is 619 g/mol. The standard InChI is InChI=1S/C37H67O9P/c1-33(2,3)45-31(39)26(22-28-24-42-28)16-15-20-35(6,7)36(8,9)44-30(38)17-13-14-19-34(4,5)37(10,11)46-32(40)27(18-21-47(12)41)23-29-25-43-29/h26-29,41H,13-25H2,1-12H3. The minimum Gasteiger partial charge on any atom is -0.460 e. The molecule has 2 fully saturated rings. The van der Waals surface area contributed by atoms with E-state index < -0.39 is 25.0 Å². The molecular formula is C37H67O9P. The third-order valence-electron chi connectivity index (χ3n) is 10.5. The van der Waals surface area contributed by atoms with E-state index in [0.717, 1.165) is 25.7 Å². The van der Waals surface area contributed by atoms with Crippen molar-refractivity contribution in [3.63, 3.8) is 0 Å². The van der Waals surface area contributed by atoms with Crippen molar-refractivity contribution in [2.24, 2.45) is 22.7 Å². The molecule has 2 heterocycles. The second-order valence-corrected chi connectivity index (χ2v) is 19.0. The summed E-state index contributed by atoms with van der Waals surface area (Å²) in [5.41, 5.74) is -2.52. The van der Waals surface area contributed by atoms with Crippen LogP contribution in [0.15, 0.2) is 0 Å². The predicted molar refractivity (Wildman–Crippen MR) is 186 cm³/mol. The highest BCUT2D eigenvalue weighted by atomic mass is 31.1. The molecule has 2 aliphatic heterocycles. The van der Waals surface area contributed by atoms with Crippen LogP contribution >= 0.6 is 8.15 Å². The van der Waals surface area contributed by atoms with Crippen LogP contribution in [-0.2, 0) is 38.1 Å². The van der Waals surface area contributed by atoms with Crippen LogP contribution in [0.3, 0.4) is 0 Å². The molecule has 274 valence electrons. The van der Waals surface area contributed by atoms with E-state index in [9.17, 15) is 19.3 Å². The number of unbranched alkanes of at least 4 members (excludes halogenated alkanes) is 1. The highest BCUT2D eigenvalue weighted by molar-refractivity contribution is 7.50. The van der Waals surface area contributed by atoms with Gasteiger partial charge in [-0.25, -0.2) is 0 Å². The molecule has 2 aliphatic rings. The van der Waals surface area contributed by atoms with Gasteiger partial charge in [-0.2, -0.15) is 0 Å². The van der Waals surface area contributed by atoms with Crippen molar-refractivity contribution in [3.05, 3.63) is 0 Å². The molecule has 5 atom stereocenters. The molecule has 0 aromatic heterocycles. The fraction of sp³-hybridized carbons (Fsp3) is 0.919. The lowest BCUT2D eigenvalue weighted by Gasteiger charge is -2.42. The van der Waals surface area contributed by atoms with Gasteiger partial charge in [0.05, 0.1) is 37.3 Å². The Morgan fingerprint density at radius 3 is 1.62 bits per heavy atom. The SMILES string of the molecule is CP(O)CCC(CC1CO1)C(=O)OC(C)(C)C(C)(C)CCCCC(=O)OC(C)(C)C(C)(C)CCCC(CC1CO1)C(=O)OC(C)(C)C. The predicted octanol–water partition coefficient (Wildman–Crippen LogP) is 7.97. The van der Waals surface area contributed by atoms with E-state index in [1.165, 1.54) is 0 Å². The first kappa shape index (κ1) is 41.9. The van der Waals surface area contributed by atoms with Crippen LogP contribution in [0.1, 0.15) is 140 Å². The zero-order valence-electron chi connectivity index (χ0n) is 31.7. The molecule has 0 aliphatic carbocycles. The lowest BCUT2D eigenvalue weighted by atomic mass is 9.72. The van der Waals surface area contributed by atoms with Crippen LogP contribution < -0.4 is 0 Å². The smallest absolute Gasteiger partial charge is 0.309 e. The Labute approximate surface area is 286 Å². The molecule has 0 radical (unpaired) electrons. The molecule has 1 N–H and O–H groups in total. The maximum atomic E-state index is 13.2. The average Bonchev–Trinajstić information content (AvgIpc) is 3.83. The van der Waals surface area contributed by atoms with Gasteiger partial charge < -0.3 is 28.6 Å². The van der Waals surface area contributed by atoms with E-state index in [0.29, 0.717) is 57.9 Å². The quantitative estimate of drug-likeness (QED) is 0.0397. The Bertz CT molecular complexity index is 1020. The molecule has 0 spiro atoms. The van der Waals surface area contributed by atoms with Gasteiger partial charge in [0.25, 0.3) is 0 Å². The van der Waals surface area contributed by atoms with E-state index in [2.05, 4.69) is 27.7 Å². The number of epoxide rings is 2. The summed E-state index contributed by atoms with van der Waals surface area (Å²) in [6, 6.07) is 0. The van der Waals surface area contributed by atoms with E-state index in [4.69, 9.17) is 23.7 Å². The van der Waals surface area contributed by atoms with Gasteiger partial charge in [-0.3, -0.25) is 14.4 Å². The van der Waals surface area contributed by atoms with Gasteiger partial charge in [-0.15, -0.1) is 0 Å². The summed E-state index contributed by atoms with van der Waals surface area (Å²) in [7, 11) is -1.07. The lowest BCUT2D eigenvalue weighted by molar-refractivity contribution is -0.174. The Hall–Kier alpha value is -1.28. The highest BCUT2D eigenvalue weighted by Gasteiger charge is 2.43. The van der Waals surface area contributed by atoms with Crippen LogP contribution in [0, 0.1) is 22.7 Å². The third kappa shape index (κ3) is 15.0. The molecule has 0 bridgehead atoms. The topological polar surface area (TPSA) is 124 Å². The third-order valence-corrected chi connectivity index (χ3v) is 11.5. The van der Waals surface area contributed by atoms with Crippen LogP contribution in [0.5, 0.6) is 0 Å². The van der Waals surface area contributed by atoms with Gasteiger partial charge in [0.15, 0.2) is 0 Å². The fourth-order valence-electron chi connectivity index (χ4n) is 5.61. The Morgan fingerprint density at radius 1 is 0.702 bits per heavy atom. The normalized spacial score (nSPS) is 20.6. The van der Waals surface area contributed by atoms with Crippen LogP contribution in [0.2, 0.25) is 0 Å². The van der Waals surface area contributed by atoms with Crippen LogP contribution in [0.4, 0.5) is 0 Å². The van der Waals surface area contributed by atoms with E-state index in [1.54, 1.807) is 6.66 Å². The number of carbonyl (C=O) groups is 3. The highest BCUT2D eigenvalue weighted by Crippen LogP contribution is 2.42. The Kier molecular flexibility index (Phi) is 15.2. The molecule has 5 unspecified atom stereocenters. The maximum Gasteiger partial charge on any atom is 0.309 e. The van der Waals surface area contributed by atoms with Crippen molar-refractivity contribution in [1.29, 1.82) is 0 Å². The molecule has 2 rings (SSSR count). The second-order valence-electron chi connectivity index (χ2n) is 17.3. The summed E-state index contributed by atoms with van der Waals surface area (Å²) in [4.78, 5) is 48.8. The van der Waals surface area contributed by atoms with Crippen molar-refractivity contribution in [3.8, 4) is 0 Å². The molecule has 9 nitrogen and oxygen atoms in total. The first-order valence-corrected chi connectivity index (χ1v) is 19.7. The first-order valence-electron chi connectivity index (χ1n) is 17.8. The first-order chi connectivity index (χ1) is 21.4. The van der Waals surface area contributed by atoms with Crippen molar-refractivity contribution < 1.29 is 43.0 Å². The van der Waals surface area contributed by atoms with E-state index in [1.807, 2.05) is 48.5 Å². The number of carbonyl (C=O) groups excluding carboxylic acids is 3. The zero-order chi connectivity index (χ0) is 35.8. The molecule has 10 heteroatoms. The molecule has 47 heavy (non-hydrogen) atoms. The van der Waals surface area contributed by atoms with Gasteiger partial charge in [-0.1, -0.05) is 40.5 Å². The van der Waals surface area contributed by atoms with E-state index in [-0.39, 0.29) is 52.8 Å². The number of rotatable bonds is 22. The van der Waals surface area contributed by atoms with Crippen molar-refractivity contribution >= 4 is 26.1 Å². The maximum absolute atomic E-state index is 13.2. The van der Waals surface area contributed by atoms with Gasteiger partial charge in [0.1, 0.15) is 16.8 Å².